The van der Waals surface area contributed by atoms with Crippen molar-refractivity contribution >= 4 is 15.9 Å². The van der Waals surface area contributed by atoms with Crippen LogP contribution in [0.1, 0.15) is 42.4 Å². The summed E-state index contributed by atoms with van der Waals surface area (Å²) in [5.41, 5.74) is 6.77. The molecule has 1 atom stereocenters. The van der Waals surface area contributed by atoms with Crippen molar-refractivity contribution in [1.29, 1.82) is 0 Å². The molecule has 1 fully saturated rings. The molecule has 1 amide bonds. The lowest BCUT2D eigenvalue weighted by Gasteiger charge is -2.30. The molecule has 1 aromatic heterocycles. The molecule has 122 valence electrons. The Bertz CT molecular complexity index is 660. The fourth-order valence-corrected chi connectivity index (χ4v) is 3.59. The van der Waals surface area contributed by atoms with Gasteiger partial charge < -0.3 is 5.73 Å². The zero-order chi connectivity index (χ0) is 16.3. The van der Waals surface area contributed by atoms with E-state index in [9.17, 15) is 13.2 Å². The molecule has 0 aromatic carbocycles. The van der Waals surface area contributed by atoms with Crippen molar-refractivity contribution in [3.05, 3.63) is 23.3 Å². The van der Waals surface area contributed by atoms with Gasteiger partial charge in [0, 0.05) is 36.8 Å². The van der Waals surface area contributed by atoms with Crippen molar-refractivity contribution in [2.75, 3.05) is 19.3 Å². The van der Waals surface area contributed by atoms with E-state index in [0.717, 1.165) is 24.2 Å². The third kappa shape index (κ3) is 4.48. The van der Waals surface area contributed by atoms with Crippen molar-refractivity contribution in [3.63, 3.8) is 0 Å². The lowest BCUT2D eigenvalue weighted by Crippen LogP contribution is -2.38. The second kappa shape index (κ2) is 6.70. The summed E-state index contributed by atoms with van der Waals surface area (Å²) in [5.74, 6) is 0.294. The number of hydrogen-bond acceptors (Lipinski definition) is 5. The van der Waals surface area contributed by atoms with Crippen LogP contribution in [0.3, 0.4) is 0 Å². The maximum Gasteiger partial charge on any atom is 0.217 e. The summed E-state index contributed by atoms with van der Waals surface area (Å²) in [4.78, 5) is 19.9. The highest BCUT2D eigenvalue weighted by Crippen LogP contribution is 2.26. The summed E-state index contributed by atoms with van der Waals surface area (Å²) in [6.07, 6.45) is 3.62. The molecule has 0 saturated carbocycles. The third-order valence-electron chi connectivity index (χ3n) is 3.77. The second-order valence-electron chi connectivity index (χ2n) is 5.79. The number of aryl methyl sites for hydroxylation is 2. The molecule has 7 nitrogen and oxygen atoms in total. The first kappa shape index (κ1) is 16.8. The Morgan fingerprint density at radius 2 is 2.18 bits per heavy atom. The van der Waals surface area contributed by atoms with Crippen LogP contribution in [0.4, 0.5) is 0 Å². The molecule has 0 unspecified atom stereocenters. The van der Waals surface area contributed by atoms with Crippen molar-refractivity contribution in [1.82, 2.24) is 14.3 Å². The van der Waals surface area contributed by atoms with Crippen LogP contribution in [0.2, 0.25) is 0 Å². The Kier molecular flexibility index (Phi) is 5.12. The fourth-order valence-electron chi connectivity index (χ4n) is 2.67. The van der Waals surface area contributed by atoms with E-state index in [0.29, 0.717) is 25.3 Å². The van der Waals surface area contributed by atoms with Gasteiger partial charge in [-0.2, -0.15) is 0 Å². The maximum atomic E-state index is 11.7. The van der Waals surface area contributed by atoms with Crippen LogP contribution < -0.4 is 5.73 Å². The van der Waals surface area contributed by atoms with Gasteiger partial charge in [-0.3, -0.25) is 4.79 Å². The molecule has 2 N–H and O–H groups in total. The van der Waals surface area contributed by atoms with Gasteiger partial charge in [0.2, 0.25) is 15.9 Å². The van der Waals surface area contributed by atoms with E-state index in [4.69, 9.17) is 5.73 Å². The van der Waals surface area contributed by atoms with E-state index < -0.39 is 10.0 Å². The minimum absolute atomic E-state index is 0.00398. The van der Waals surface area contributed by atoms with Crippen LogP contribution >= 0.6 is 0 Å². The van der Waals surface area contributed by atoms with E-state index in [2.05, 4.69) is 9.97 Å². The van der Waals surface area contributed by atoms with Crippen LogP contribution in [-0.2, 0) is 21.2 Å². The van der Waals surface area contributed by atoms with Crippen molar-refractivity contribution in [2.45, 2.75) is 38.5 Å². The molecule has 2 rings (SSSR count). The second-order valence-corrected chi connectivity index (χ2v) is 7.77. The van der Waals surface area contributed by atoms with Gasteiger partial charge in [0.25, 0.3) is 0 Å². The average Bonchev–Trinajstić information content (AvgIpc) is 2.44. The molecule has 1 aromatic rings. The average molecular weight is 326 g/mol. The van der Waals surface area contributed by atoms with Gasteiger partial charge in [0.15, 0.2) is 0 Å². The summed E-state index contributed by atoms with van der Waals surface area (Å²) in [7, 11) is -3.19. The molecular weight excluding hydrogens is 304 g/mol. The topological polar surface area (TPSA) is 106 Å². The number of carbonyl (C=O) groups excluding carboxylic acids is 1. The molecule has 0 radical (unpaired) electrons. The van der Waals surface area contributed by atoms with Gasteiger partial charge in [0.1, 0.15) is 5.82 Å². The third-order valence-corrected chi connectivity index (χ3v) is 5.04. The number of sulfonamides is 1. The van der Waals surface area contributed by atoms with E-state index in [1.807, 2.05) is 13.0 Å². The number of nitrogens with two attached hydrogens (primary N) is 1. The highest BCUT2D eigenvalue weighted by molar-refractivity contribution is 7.88. The molecular formula is C14H22N4O3S. The lowest BCUT2D eigenvalue weighted by atomic mass is 9.98. The first-order valence-electron chi connectivity index (χ1n) is 7.33. The minimum atomic E-state index is -3.19. The lowest BCUT2D eigenvalue weighted by molar-refractivity contribution is -0.118. The monoisotopic (exact) mass is 326 g/mol. The Hall–Kier alpha value is -1.54. The summed E-state index contributed by atoms with van der Waals surface area (Å²) in [6, 6.07) is 1.84. The summed E-state index contributed by atoms with van der Waals surface area (Å²) in [5, 5.41) is 0. The molecule has 1 aliphatic heterocycles. The van der Waals surface area contributed by atoms with Crippen molar-refractivity contribution in [2.24, 2.45) is 5.73 Å². The van der Waals surface area contributed by atoms with Crippen molar-refractivity contribution in [3.8, 4) is 0 Å². The fraction of sp³-hybridized carbons (Fsp3) is 0.643. The minimum Gasteiger partial charge on any atom is -0.370 e. The number of hydrogen-bond donors (Lipinski definition) is 1. The van der Waals surface area contributed by atoms with Gasteiger partial charge in [-0.25, -0.2) is 22.7 Å². The molecule has 8 heteroatoms. The number of piperidine rings is 1. The zero-order valence-electron chi connectivity index (χ0n) is 12.9. The number of rotatable bonds is 5. The van der Waals surface area contributed by atoms with E-state index >= 15 is 0 Å². The van der Waals surface area contributed by atoms with E-state index in [1.165, 1.54) is 10.6 Å². The predicted molar refractivity (Wildman–Crippen MR) is 82.7 cm³/mol. The molecule has 0 spiro atoms. The molecule has 22 heavy (non-hydrogen) atoms. The number of primary amides is 1. The van der Waals surface area contributed by atoms with Gasteiger partial charge in [-0.1, -0.05) is 0 Å². The SMILES string of the molecule is Cc1cc(CCC(N)=O)nc([C@H]2CCCN(S(C)(=O)=O)C2)n1. The summed E-state index contributed by atoms with van der Waals surface area (Å²) in [6.45, 7) is 2.84. The molecule has 1 saturated heterocycles. The van der Waals surface area contributed by atoms with Gasteiger partial charge in [-0.15, -0.1) is 0 Å². The number of carbonyl (C=O) groups is 1. The van der Waals surface area contributed by atoms with Crippen LogP contribution in [-0.4, -0.2) is 47.9 Å². The van der Waals surface area contributed by atoms with Crippen LogP contribution in [0.5, 0.6) is 0 Å². The standard InChI is InChI=1S/C14H22N4O3S/c1-10-8-12(5-6-13(15)19)17-14(16-10)11-4-3-7-18(9-11)22(2,20)21/h8,11H,3-7,9H2,1-2H3,(H2,15,19)/t11-/m0/s1. The Morgan fingerprint density at radius 3 is 2.82 bits per heavy atom. The number of nitrogens with zero attached hydrogens (tertiary/aromatic N) is 3. The zero-order valence-corrected chi connectivity index (χ0v) is 13.8. The predicted octanol–water partition coefficient (Wildman–Crippen LogP) is 0.342. The molecule has 0 aliphatic carbocycles. The summed E-state index contributed by atoms with van der Waals surface area (Å²) < 4.78 is 24.9. The first-order valence-corrected chi connectivity index (χ1v) is 9.18. The molecule has 0 bridgehead atoms. The Morgan fingerprint density at radius 1 is 1.45 bits per heavy atom. The van der Waals surface area contributed by atoms with Gasteiger partial charge >= 0.3 is 0 Å². The molecule has 1 aliphatic rings. The number of amides is 1. The largest absolute Gasteiger partial charge is 0.370 e. The first-order chi connectivity index (χ1) is 10.3. The van der Waals surface area contributed by atoms with Gasteiger partial charge in [-0.05, 0) is 32.3 Å². The highest BCUT2D eigenvalue weighted by Gasteiger charge is 2.28. The smallest absolute Gasteiger partial charge is 0.217 e. The summed E-state index contributed by atoms with van der Waals surface area (Å²) >= 11 is 0. The van der Waals surface area contributed by atoms with Crippen LogP contribution in [0.25, 0.3) is 0 Å². The quantitative estimate of drug-likeness (QED) is 0.840. The highest BCUT2D eigenvalue weighted by atomic mass is 32.2. The van der Waals surface area contributed by atoms with Crippen LogP contribution in [0, 0.1) is 6.92 Å². The molecule has 2 heterocycles. The maximum absolute atomic E-state index is 11.7. The normalized spacial score (nSPS) is 20.0. The van der Waals surface area contributed by atoms with Crippen molar-refractivity contribution < 1.29 is 13.2 Å². The van der Waals surface area contributed by atoms with Gasteiger partial charge in [0.05, 0.1) is 6.26 Å². The Balaban J connectivity index is 2.18. The van der Waals surface area contributed by atoms with Crippen LogP contribution in [0.15, 0.2) is 6.07 Å². The van der Waals surface area contributed by atoms with E-state index in [-0.39, 0.29) is 18.2 Å². The van der Waals surface area contributed by atoms with E-state index in [1.54, 1.807) is 0 Å². The number of aromatic nitrogens is 2. The Labute approximate surface area is 131 Å².